The molecule has 0 atom stereocenters. The van der Waals surface area contributed by atoms with Crippen molar-refractivity contribution in [2.75, 3.05) is 9.80 Å². The first kappa shape index (κ1) is 29.3. The minimum atomic E-state index is -0.358. The normalized spacial score (nSPS) is 14.2. The van der Waals surface area contributed by atoms with Crippen LogP contribution >= 0.6 is 0 Å². The fourth-order valence-electron chi connectivity index (χ4n) is 5.71. The monoisotopic (exact) mass is 598 g/mol. The van der Waals surface area contributed by atoms with E-state index in [4.69, 9.17) is 9.47 Å². The quantitative estimate of drug-likeness (QED) is 0.204. The largest absolute Gasteiger partial charge is 0.457 e. The summed E-state index contributed by atoms with van der Waals surface area (Å²) in [5, 5.41) is 0. The molecule has 4 amide bonds. The highest BCUT2D eigenvalue weighted by Crippen LogP contribution is 2.34. The highest BCUT2D eigenvalue weighted by molar-refractivity contribution is 6.28. The van der Waals surface area contributed by atoms with Crippen LogP contribution in [0.2, 0.25) is 0 Å². The number of imide groups is 2. The Morgan fingerprint density at radius 2 is 0.756 bits per heavy atom. The maximum absolute atomic E-state index is 12.0. The zero-order valence-corrected chi connectivity index (χ0v) is 25.3. The van der Waals surface area contributed by atoms with Crippen LogP contribution in [0.15, 0.2) is 97.1 Å². The molecule has 8 heteroatoms. The van der Waals surface area contributed by atoms with Gasteiger partial charge >= 0.3 is 0 Å². The predicted octanol–water partition coefficient (Wildman–Crippen LogP) is 6.95. The van der Waals surface area contributed by atoms with Gasteiger partial charge in [-0.3, -0.25) is 19.2 Å². The summed E-state index contributed by atoms with van der Waals surface area (Å²) in [4.78, 5) is 50.1. The van der Waals surface area contributed by atoms with Crippen molar-refractivity contribution in [1.29, 1.82) is 0 Å². The van der Waals surface area contributed by atoms with E-state index in [1.165, 1.54) is 24.3 Å². The number of carbonyl (C=O) groups excluding carboxylic acids is 4. The fraction of sp³-hybridized carbons (Fsp3) is 0.135. The number of ether oxygens (including phenoxy) is 2. The third-order valence-corrected chi connectivity index (χ3v) is 7.70. The molecule has 0 radical (unpaired) electrons. The molecule has 224 valence electrons. The molecule has 0 spiro atoms. The molecule has 0 N–H and O–H groups in total. The average molecular weight is 599 g/mol. The second kappa shape index (κ2) is 11.7. The van der Waals surface area contributed by atoms with Crippen LogP contribution in [-0.2, 0) is 25.6 Å². The number of hydrogen-bond acceptors (Lipinski definition) is 6. The molecule has 0 bridgehead atoms. The Bertz CT molecular complexity index is 1710. The summed E-state index contributed by atoms with van der Waals surface area (Å²) < 4.78 is 12.4. The summed E-state index contributed by atoms with van der Waals surface area (Å²) in [6, 6.07) is 22.2. The minimum absolute atomic E-state index is 0.358. The lowest BCUT2D eigenvalue weighted by Gasteiger charge is -2.17. The minimum Gasteiger partial charge on any atom is -0.457 e. The highest BCUT2D eigenvalue weighted by Gasteiger charge is 2.26. The van der Waals surface area contributed by atoms with Crippen LogP contribution in [0.3, 0.4) is 0 Å². The van der Waals surface area contributed by atoms with Crippen LogP contribution in [0.4, 0.5) is 11.4 Å². The first-order chi connectivity index (χ1) is 21.6. The number of rotatable bonds is 8. The molecule has 45 heavy (non-hydrogen) atoms. The molecule has 2 aliphatic rings. The number of amides is 4. The van der Waals surface area contributed by atoms with E-state index in [1.807, 2.05) is 27.7 Å². The number of hydrogen-bond donors (Lipinski definition) is 0. The van der Waals surface area contributed by atoms with Gasteiger partial charge in [0.1, 0.15) is 23.0 Å². The van der Waals surface area contributed by atoms with Crippen molar-refractivity contribution < 1.29 is 28.7 Å². The lowest BCUT2D eigenvalue weighted by molar-refractivity contribution is -0.121. The van der Waals surface area contributed by atoms with Gasteiger partial charge in [-0.15, -0.1) is 0 Å². The Kier molecular flexibility index (Phi) is 7.64. The molecule has 6 rings (SSSR count). The van der Waals surface area contributed by atoms with E-state index in [1.54, 1.807) is 48.5 Å². The number of aryl methyl sites for hydroxylation is 4. The van der Waals surface area contributed by atoms with Crippen LogP contribution in [-0.4, -0.2) is 23.6 Å². The number of nitrogens with zero attached hydrogens (tertiary/aromatic N) is 2. The Hall–Kier alpha value is -5.76. The summed E-state index contributed by atoms with van der Waals surface area (Å²) in [6.45, 7) is 8.05. The van der Waals surface area contributed by atoms with Crippen molar-refractivity contribution in [3.8, 4) is 23.0 Å². The highest BCUT2D eigenvalue weighted by atomic mass is 16.5. The van der Waals surface area contributed by atoms with Crippen LogP contribution in [0.5, 0.6) is 23.0 Å². The zero-order valence-electron chi connectivity index (χ0n) is 25.3. The van der Waals surface area contributed by atoms with Gasteiger partial charge in [-0.1, -0.05) is 24.3 Å². The second-order valence-electron chi connectivity index (χ2n) is 11.2. The van der Waals surface area contributed by atoms with Gasteiger partial charge < -0.3 is 9.47 Å². The van der Waals surface area contributed by atoms with Gasteiger partial charge in [0.05, 0.1) is 11.4 Å². The second-order valence-corrected chi connectivity index (χ2v) is 11.2. The third kappa shape index (κ3) is 5.90. The maximum atomic E-state index is 12.0. The van der Waals surface area contributed by atoms with Crippen molar-refractivity contribution in [2.24, 2.45) is 0 Å². The topological polar surface area (TPSA) is 93.2 Å². The van der Waals surface area contributed by atoms with Crippen LogP contribution in [0.25, 0.3) is 0 Å². The molecule has 2 heterocycles. The zero-order chi connectivity index (χ0) is 31.8. The average Bonchev–Trinajstić information content (AvgIpc) is 3.52. The van der Waals surface area contributed by atoms with E-state index in [0.717, 1.165) is 61.1 Å². The maximum Gasteiger partial charge on any atom is 0.258 e. The standard InChI is InChI=1S/C37H30N2O6/c1-22-17-26(18-23(2)36(22)44-30-9-5-28(6-10-30)38-32(40)13-14-33(38)41)21-27-19-24(3)37(25(4)20-27)45-31-11-7-29(8-12-31)39-34(42)15-16-35(39)43/h5-20H,21H2,1-4H3. The molecular formula is C37H30N2O6. The smallest absolute Gasteiger partial charge is 0.258 e. The molecule has 0 unspecified atom stereocenters. The van der Waals surface area contributed by atoms with E-state index < -0.39 is 0 Å². The Balaban J connectivity index is 1.13. The fourth-order valence-corrected chi connectivity index (χ4v) is 5.71. The van der Waals surface area contributed by atoms with Crippen LogP contribution in [0.1, 0.15) is 33.4 Å². The molecule has 2 aliphatic heterocycles. The van der Waals surface area contributed by atoms with Crippen molar-refractivity contribution in [1.82, 2.24) is 0 Å². The molecule has 0 aliphatic carbocycles. The molecule has 0 saturated heterocycles. The molecule has 8 nitrogen and oxygen atoms in total. The van der Waals surface area contributed by atoms with Gasteiger partial charge in [-0.05, 0) is 116 Å². The summed E-state index contributed by atoms with van der Waals surface area (Å²) in [7, 11) is 0. The Labute approximate surface area is 260 Å². The summed E-state index contributed by atoms with van der Waals surface area (Å²) in [5.74, 6) is 1.31. The van der Waals surface area contributed by atoms with Gasteiger partial charge in [0.15, 0.2) is 0 Å². The van der Waals surface area contributed by atoms with Crippen LogP contribution < -0.4 is 19.3 Å². The van der Waals surface area contributed by atoms with Crippen LogP contribution in [0, 0.1) is 27.7 Å². The van der Waals surface area contributed by atoms with E-state index in [9.17, 15) is 19.2 Å². The van der Waals surface area contributed by atoms with E-state index in [-0.39, 0.29) is 23.6 Å². The molecule has 0 fully saturated rings. The molecule has 4 aromatic carbocycles. The van der Waals surface area contributed by atoms with Crippen molar-refractivity contribution in [3.63, 3.8) is 0 Å². The number of carbonyl (C=O) groups is 4. The summed E-state index contributed by atoms with van der Waals surface area (Å²) in [6.07, 6.45) is 5.77. The van der Waals surface area contributed by atoms with Crippen molar-refractivity contribution >= 4 is 35.0 Å². The Morgan fingerprint density at radius 1 is 0.467 bits per heavy atom. The van der Waals surface area contributed by atoms with Gasteiger partial charge in [-0.2, -0.15) is 0 Å². The van der Waals surface area contributed by atoms with E-state index >= 15 is 0 Å². The summed E-state index contributed by atoms with van der Waals surface area (Å²) in [5.41, 5.74) is 7.26. The molecule has 0 aromatic heterocycles. The lowest BCUT2D eigenvalue weighted by atomic mass is 9.97. The van der Waals surface area contributed by atoms with Gasteiger partial charge in [0.2, 0.25) is 0 Å². The van der Waals surface area contributed by atoms with Gasteiger partial charge in [0, 0.05) is 24.3 Å². The van der Waals surface area contributed by atoms with Crippen molar-refractivity contribution in [2.45, 2.75) is 34.1 Å². The van der Waals surface area contributed by atoms with Gasteiger partial charge in [-0.25, -0.2) is 9.80 Å². The van der Waals surface area contributed by atoms with Gasteiger partial charge in [0.25, 0.3) is 23.6 Å². The third-order valence-electron chi connectivity index (χ3n) is 7.70. The number of benzene rings is 4. The number of anilines is 2. The summed E-state index contributed by atoms with van der Waals surface area (Å²) >= 11 is 0. The van der Waals surface area contributed by atoms with Crippen molar-refractivity contribution in [3.05, 3.63) is 130 Å². The molecule has 4 aromatic rings. The first-order valence-electron chi connectivity index (χ1n) is 14.5. The predicted molar refractivity (Wildman–Crippen MR) is 171 cm³/mol. The lowest BCUT2D eigenvalue weighted by Crippen LogP contribution is -2.29. The van der Waals surface area contributed by atoms with E-state index in [0.29, 0.717) is 22.9 Å². The molecular weight excluding hydrogens is 568 g/mol. The Morgan fingerprint density at radius 3 is 1.04 bits per heavy atom. The molecule has 0 saturated carbocycles. The SMILES string of the molecule is Cc1cc(Cc2cc(C)c(Oc3ccc(N4C(=O)C=CC4=O)cc3)c(C)c2)cc(C)c1Oc1ccc(N2C(=O)C=CC2=O)cc1. The van der Waals surface area contributed by atoms with E-state index in [2.05, 4.69) is 24.3 Å². The first-order valence-corrected chi connectivity index (χ1v) is 14.5.